The van der Waals surface area contributed by atoms with Crippen LogP contribution in [-0.4, -0.2) is 10.2 Å². The lowest BCUT2D eigenvalue weighted by Crippen LogP contribution is -2.28. The summed E-state index contributed by atoms with van der Waals surface area (Å²) in [5.74, 6) is 0.889. The highest BCUT2D eigenvalue weighted by Gasteiger charge is 2.36. The zero-order valence-corrected chi connectivity index (χ0v) is 14.9. The third-order valence-corrected chi connectivity index (χ3v) is 5.19. The van der Waals surface area contributed by atoms with E-state index in [0.29, 0.717) is 16.8 Å². The molecular weight excluding hydrogens is 328 g/mol. The molecule has 1 aromatic carbocycles. The lowest BCUT2D eigenvalue weighted by Gasteiger charge is -2.39. The van der Waals surface area contributed by atoms with Crippen molar-refractivity contribution in [1.29, 1.82) is 0 Å². The molecule has 0 heterocycles. The summed E-state index contributed by atoms with van der Waals surface area (Å²) in [6, 6.07) is 3.50. The fourth-order valence-electron chi connectivity index (χ4n) is 3.42. The van der Waals surface area contributed by atoms with Gasteiger partial charge in [-0.3, -0.25) is 0 Å². The second-order valence-corrected chi connectivity index (χ2v) is 7.79. The maximum atomic E-state index is 10.4. The predicted molar refractivity (Wildman–Crippen MR) is 91.1 cm³/mol. The minimum Gasteiger partial charge on any atom is -0.507 e. The molecule has 1 aliphatic rings. The average Bonchev–Trinajstić information content (AvgIpc) is 2.36. The van der Waals surface area contributed by atoms with Gasteiger partial charge in [0, 0.05) is 16.8 Å². The van der Waals surface area contributed by atoms with E-state index in [1.807, 2.05) is 0 Å². The molecule has 21 heavy (non-hydrogen) atoms. The van der Waals surface area contributed by atoms with Gasteiger partial charge in [-0.05, 0) is 48.8 Å². The molecule has 0 bridgehead atoms. The molecule has 2 N–H and O–H groups in total. The first kappa shape index (κ1) is 16.4. The molecule has 2 nitrogen and oxygen atoms in total. The molecule has 0 aromatic heterocycles. The maximum Gasteiger partial charge on any atom is 0.123 e. The molecule has 2 rings (SSSR count). The molecule has 0 saturated heterocycles. The van der Waals surface area contributed by atoms with Crippen molar-refractivity contribution in [2.45, 2.75) is 51.8 Å². The lowest BCUT2D eigenvalue weighted by atomic mass is 9.65. The predicted octanol–water partition coefficient (Wildman–Crippen LogP) is 5.48. The summed E-state index contributed by atoms with van der Waals surface area (Å²) in [6.45, 7) is 8.84. The highest BCUT2D eigenvalue weighted by Crippen LogP contribution is 2.50. The second kappa shape index (κ2) is 6.04. The van der Waals surface area contributed by atoms with Gasteiger partial charge in [0.15, 0.2) is 0 Å². The SMILES string of the molecule is CC1=CC(c2c(O)cc(CBr)cc2O)C(C(C)(C)C)CC1. The Balaban J connectivity index is 2.53. The maximum absolute atomic E-state index is 10.4. The number of phenols is 2. The first-order valence-electron chi connectivity index (χ1n) is 7.52. The number of hydrogen-bond donors (Lipinski definition) is 2. The van der Waals surface area contributed by atoms with Crippen molar-refractivity contribution in [2.75, 3.05) is 0 Å². The quantitative estimate of drug-likeness (QED) is 0.546. The standard InChI is InChI=1S/C18H25BrO2/c1-11-5-6-14(18(2,3)4)13(7-11)17-15(20)8-12(10-19)9-16(17)21/h7-9,13-14,20-21H,5-6,10H2,1-4H3. The van der Waals surface area contributed by atoms with Gasteiger partial charge in [-0.25, -0.2) is 0 Å². The Labute approximate surface area is 136 Å². The third kappa shape index (κ3) is 3.45. The molecule has 0 spiro atoms. The third-order valence-electron chi connectivity index (χ3n) is 4.54. The van der Waals surface area contributed by atoms with Crippen LogP contribution in [0, 0.1) is 11.3 Å². The van der Waals surface area contributed by atoms with Gasteiger partial charge in [-0.2, -0.15) is 0 Å². The van der Waals surface area contributed by atoms with Crippen LogP contribution in [0.25, 0.3) is 0 Å². The Hall–Kier alpha value is -0.960. The van der Waals surface area contributed by atoms with Crippen molar-refractivity contribution < 1.29 is 10.2 Å². The van der Waals surface area contributed by atoms with E-state index in [9.17, 15) is 10.2 Å². The van der Waals surface area contributed by atoms with Crippen molar-refractivity contribution in [3.05, 3.63) is 34.9 Å². The average molecular weight is 353 g/mol. The zero-order valence-electron chi connectivity index (χ0n) is 13.3. The van der Waals surface area contributed by atoms with Crippen molar-refractivity contribution >= 4 is 15.9 Å². The highest BCUT2D eigenvalue weighted by molar-refractivity contribution is 9.08. The minimum atomic E-state index is 0.0723. The van der Waals surface area contributed by atoms with Crippen LogP contribution in [0.15, 0.2) is 23.8 Å². The van der Waals surface area contributed by atoms with Crippen molar-refractivity contribution in [1.82, 2.24) is 0 Å². The van der Waals surface area contributed by atoms with E-state index in [0.717, 1.165) is 18.4 Å². The summed E-state index contributed by atoms with van der Waals surface area (Å²) in [6.07, 6.45) is 4.41. The molecule has 2 unspecified atom stereocenters. The largest absolute Gasteiger partial charge is 0.507 e. The molecule has 0 aliphatic heterocycles. The van der Waals surface area contributed by atoms with Crippen LogP contribution in [0.1, 0.15) is 57.6 Å². The topological polar surface area (TPSA) is 40.5 Å². The van der Waals surface area contributed by atoms with Crippen molar-refractivity contribution in [3.8, 4) is 11.5 Å². The first-order chi connectivity index (χ1) is 9.74. The Bertz CT molecular complexity index is 532. The normalized spacial score (nSPS) is 23.0. The molecule has 0 fully saturated rings. The molecule has 116 valence electrons. The van der Waals surface area contributed by atoms with Crippen LogP contribution in [0.5, 0.6) is 11.5 Å². The van der Waals surface area contributed by atoms with E-state index >= 15 is 0 Å². The van der Waals surface area contributed by atoms with Gasteiger partial charge in [0.05, 0.1) is 0 Å². The molecule has 1 aliphatic carbocycles. The summed E-state index contributed by atoms with van der Waals surface area (Å²) < 4.78 is 0. The van der Waals surface area contributed by atoms with Crippen molar-refractivity contribution in [3.63, 3.8) is 0 Å². The Morgan fingerprint density at radius 3 is 2.24 bits per heavy atom. The molecule has 0 radical (unpaired) electrons. The smallest absolute Gasteiger partial charge is 0.123 e. The number of aromatic hydroxyl groups is 2. The Morgan fingerprint density at radius 2 is 1.76 bits per heavy atom. The van der Waals surface area contributed by atoms with Crippen LogP contribution in [0.2, 0.25) is 0 Å². The molecule has 0 amide bonds. The molecular formula is C18H25BrO2. The van der Waals surface area contributed by atoms with Gasteiger partial charge in [0.2, 0.25) is 0 Å². The molecule has 1 aromatic rings. The van der Waals surface area contributed by atoms with Crippen LogP contribution in [-0.2, 0) is 5.33 Å². The van der Waals surface area contributed by atoms with Gasteiger partial charge in [0.25, 0.3) is 0 Å². The molecule has 2 atom stereocenters. The molecule has 3 heteroatoms. The summed E-state index contributed by atoms with van der Waals surface area (Å²) >= 11 is 3.37. The number of benzene rings is 1. The zero-order chi connectivity index (χ0) is 15.8. The van der Waals surface area contributed by atoms with E-state index < -0.39 is 0 Å². The van der Waals surface area contributed by atoms with Gasteiger partial charge in [-0.1, -0.05) is 48.4 Å². The van der Waals surface area contributed by atoms with Gasteiger partial charge < -0.3 is 10.2 Å². The number of allylic oxidation sites excluding steroid dienone is 2. The number of hydrogen-bond acceptors (Lipinski definition) is 2. The fraction of sp³-hybridized carbons (Fsp3) is 0.556. The van der Waals surface area contributed by atoms with E-state index in [2.05, 4.69) is 49.7 Å². The van der Waals surface area contributed by atoms with Crippen LogP contribution in [0.4, 0.5) is 0 Å². The van der Waals surface area contributed by atoms with E-state index in [4.69, 9.17) is 0 Å². The summed E-state index contributed by atoms with van der Waals surface area (Å²) in [7, 11) is 0. The Morgan fingerprint density at radius 1 is 1.19 bits per heavy atom. The Kier molecular flexibility index (Phi) is 4.72. The number of alkyl halides is 1. The highest BCUT2D eigenvalue weighted by atomic mass is 79.9. The van der Waals surface area contributed by atoms with E-state index in [1.165, 1.54) is 5.57 Å². The van der Waals surface area contributed by atoms with E-state index in [1.54, 1.807) is 12.1 Å². The van der Waals surface area contributed by atoms with Crippen LogP contribution in [0.3, 0.4) is 0 Å². The number of rotatable bonds is 2. The number of halogens is 1. The van der Waals surface area contributed by atoms with E-state index in [-0.39, 0.29) is 22.8 Å². The molecule has 0 saturated carbocycles. The number of phenolic OH excluding ortho intramolecular Hbond substituents is 2. The van der Waals surface area contributed by atoms with Crippen LogP contribution >= 0.6 is 15.9 Å². The summed E-state index contributed by atoms with van der Waals surface area (Å²) in [4.78, 5) is 0. The van der Waals surface area contributed by atoms with Crippen LogP contribution < -0.4 is 0 Å². The minimum absolute atomic E-state index is 0.0723. The lowest BCUT2D eigenvalue weighted by molar-refractivity contribution is 0.194. The fourth-order valence-corrected chi connectivity index (χ4v) is 3.75. The van der Waals surface area contributed by atoms with Gasteiger partial charge >= 0.3 is 0 Å². The first-order valence-corrected chi connectivity index (χ1v) is 8.64. The van der Waals surface area contributed by atoms with Crippen molar-refractivity contribution in [2.24, 2.45) is 11.3 Å². The monoisotopic (exact) mass is 352 g/mol. The second-order valence-electron chi connectivity index (χ2n) is 7.23. The van der Waals surface area contributed by atoms with Gasteiger partial charge in [-0.15, -0.1) is 0 Å². The summed E-state index contributed by atoms with van der Waals surface area (Å²) in [5.41, 5.74) is 3.04. The van der Waals surface area contributed by atoms with Gasteiger partial charge in [0.1, 0.15) is 11.5 Å². The summed E-state index contributed by atoms with van der Waals surface area (Å²) in [5, 5.41) is 21.5.